The Hall–Kier alpha value is -0.870. The number of aryl methyl sites for hydroxylation is 1. The maximum absolute atomic E-state index is 6.06. The number of ether oxygens (including phenoxy) is 2. The van der Waals surface area contributed by atoms with E-state index in [1.54, 1.807) is 0 Å². The number of hydrogen-bond acceptors (Lipinski definition) is 4. The van der Waals surface area contributed by atoms with Crippen LogP contribution in [0.5, 0.6) is 5.88 Å². The molecule has 1 saturated heterocycles. The van der Waals surface area contributed by atoms with Crippen molar-refractivity contribution in [1.82, 2.24) is 9.97 Å². The largest absolute Gasteiger partial charge is 0.475 e. The van der Waals surface area contributed by atoms with Gasteiger partial charge in [0.1, 0.15) is 17.6 Å². The fourth-order valence-corrected chi connectivity index (χ4v) is 2.10. The normalized spacial score (nSPS) is 19.8. The van der Waals surface area contributed by atoms with Crippen LogP contribution in [0.4, 0.5) is 0 Å². The number of hydrogen-bond donors (Lipinski definition) is 0. The third-order valence-electron chi connectivity index (χ3n) is 3.08. The molecule has 0 radical (unpaired) electrons. The molecule has 1 aliphatic rings. The first-order valence-corrected chi connectivity index (χ1v) is 6.86. The van der Waals surface area contributed by atoms with Crippen LogP contribution in [0.3, 0.4) is 0 Å². The lowest BCUT2D eigenvalue weighted by molar-refractivity contribution is -0.0121. The van der Waals surface area contributed by atoms with E-state index >= 15 is 0 Å². The van der Waals surface area contributed by atoms with Crippen LogP contribution < -0.4 is 4.74 Å². The molecule has 1 aromatic heterocycles. The molecule has 2 rings (SSSR count). The predicted molar refractivity (Wildman–Crippen MR) is 70.2 cm³/mol. The number of nitrogens with zero attached hydrogens (tertiary/aromatic N) is 2. The predicted octanol–water partition coefficient (Wildman–Crippen LogP) is 2.95. The molecule has 1 aromatic rings. The van der Waals surface area contributed by atoms with Crippen LogP contribution in [0.1, 0.15) is 37.6 Å². The summed E-state index contributed by atoms with van der Waals surface area (Å²) < 4.78 is 11.4. The second-order valence-corrected chi connectivity index (χ2v) is 4.87. The van der Waals surface area contributed by atoms with Crippen molar-refractivity contribution >= 4 is 11.6 Å². The minimum atomic E-state index is 0.178. The van der Waals surface area contributed by atoms with Crippen molar-refractivity contribution < 1.29 is 9.47 Å². The van der Waals surface area contributed by atoms with Gasteiger partial charge in [0.25, 0.3) is 0 Å². The third-order valence-corrected chi connectivity index (χ3v) is 3.45. The Morgan fingerprint density at radius 1 is 1.39 bits per heavy atom. The lowest BCUT2D eigenvalue weighted by Gasteiger charge is -2.22. The molecule has 1 fully saturated rings. The molecule has 0 bridgehead atoms. The third kappa shape index (κ3) is 3.33. The van der Waals surface area contributed by atoms with E-state index < -0.39 is 0 Å². The SMILES string of the molecule is CCc1nc(Cl)c(C)c(OCC2CCCCO2)n1. The Kier molecular flexibility index (Phi) is 4.78. The Balaban J connectivity index is 2.01. The summed E-state index contributed by atoms with van der Waals surface area (Å²) in [6.45, 7) is 5.24. The van der Waals surface area contributed by atoms with Crippen molar-refractivity contribution in [2.45, 2.75) is 45.6 Å². The first-order valence-electron chi connectivity index (χ1n) is 6.48. The second-order valence-electron chi connectivity index (χ2n) is 4.51. The Morgan fingerprint density at radius 2 is 2.22 bits per heavy atom. The van der Waals surface area contributed by atoms with Gasteiger partial charge in [-0.05, 0) is 26.2 Å². The van der Waals surface area contributed by atoms with Crippen LogP contribution in [0, 0.1) is 6.92 Å². The van der Waals surface area contributed by atoms with Crippen LogP contribution in [0.15, 0.2) is 0 Å². The molecule has 2 heterocycles. The van der Waals surface area contributed by atoms with Crippen molar-refractivity contribution in [2.24, 2.45) is 0 Å². The zero-order valence-electron chi connectivity index (χ0n) is 10.9. The molecular formula is C13H19ClN2O2. The van der Waals surface area contributed by atoms with Gasteiger partial charge in [0.2, 0.25) is 5.88 Å². The Morgan fingerprint density at radius 3 is 2.89 bits per heavy atom. The summed E-state index contributed by atoms with van der Waals surface area (Å²) in [6, 6.07) is 0. The van der Waals surface area contributed by atoms with E-state index in [2.05, 4.69) is 9.97 Å². The summed E-state index contributed by atoms with van der Waals surface area (Å²) in [7, 11) is 0. The average Bonchev–Trinajstić information content (AvgIpc) is 2.41. The zero-order valence-corrected chi connectivity index (χ0v) is 11.7. The Bertz CT molecular complexity index is 406. The van der Waals surface area contributed by atoms with E-state index in [0.29, 0.717) is 23.5 Å². The lowest BCUT2D eigenvalue weighted by Crippen LogP contribution is -2.26. The topological polar surface area (TPSA) is 44.2 Å². The molecule has 0 aromatic carbocycles. The van der Waals surface area contributed by atoms with Crippen LogP contribution in [0.25, 0.3) is 0 Å². The van der Waals surface area contributed by atoms with Gasteiger partial charge in [-0.2, -0.15) is 4.98 Å². The van der Waals surface area contributed by atoms with Crippen molar-refractivity contribution in [3.8, 4) is 5.88 Å². The first-order chi connectivity index (χ1) is 8.70. The van der Waals surface area contributed by atoms with Gasteiger partial charge in [-0.1, -0.05) is 18.5 Å². The van der Waals surface area contributed by atoms with Crippen LogP contribution in [0.2, 0.25) is 5.15 Å². The van der Waals surface area contributed by atoms with Gasteiger partial charge in [0.15, 0.2) is 0 Å². The Labute approximate surface area is 113 Å². The van der Waals surface area contributed by atoms with Gasteiger partial charge in [0, 0.05) is 18.6 Å². The first kappa shape index (κ1) is 13.6. The maximum atomic E-state index is 6.06. The monoisotopic (exact) mass is 270 g/mol. The molecule has 0 aliphatic carbocycles. The fraction of sp³-hybridized carbons (Fsp3) is 0.692. The minimum absolute atomic E-state index is 0.178. The molecule has 0 spiro atoms. The molecule has 0 saturated carbocycles. The molecule has 1 unspecified atom stereocenters. The highest BCUT2D eigenvalue weighted by molar-refractivity contribution is 6.30. The number of halogens is 1. The van der Waals surface area contributed by atoms with Crippen molar-refractivity contribution in [3.05, 3.63) is 16.5 Å². The smallest absolute Gasteiger partial charge is 0.221 e. The van der Waals surface area contributed by atoms with Crippen LogP contribution in [-0.4, -0.2) is 29.3 Å². The molecule has 0 N–H and O–H groups in total. The fourth-order valence-electron chi connectivity index (χ4n) is 1.92. The highest BCUT2D eigenvalue weighted by Crippen LogP contribution is 2.23. The molecular weight excluding hydrogens is 252 g/mol. The van der Waals surface area contributed by atoms with E-state index in [9.17, 15) is 0 Å². The maximum Gasteiger partial charge on any atom is 0.221 e. The minimum Gasteiger partial charge on any atom is -0.475 e. The molecule has 5 heteroatoms. The van der Waals surface area contributed by atoms with E-state index in [4.69, 9.17) is 21.1 Å². The number of rotatable bonds is 4. The summed E-state index contributed by atoms with van der Waals surface area (Å²) in [5.41, 5.74) is 0.796. The van der Waals surface area contributed by atoms with Crippen LogP contribution >= 0.6 is 11.6 Å². The van der Waals surface area contributed by atoms with Gasteiger partial charge in [-0.25, -0.2) is 4.98 Å². The van der Waals surface area contributed by atoms with E-state index in [1.807, 2.05) is 13.8 Å². The van der Waals surface area contributed by atoms with Crippen molar-refractivity contribution in [1.29, 1.82) is 0 Å². The van der Waals surface area contributed by atoms with Gasteiger partial charge >= 0.3 is 0 Å². The molecule has 4 nitrogen and oxygen atoms in total. The molecule has 100 valence electrons. The molecule has 1 aliphatic heterocycles. The molecule has 18 heavy (non-hydrogen) atoms. The van der Waals surface area contributed by atoms with Gasteiger partial charge in [0.05, 0.1) is 6.10 Å². The quantitative estimate of drug-likeness (QED) is 0.789. The van der Waals surface area contributed by atoms with E-state index in [1.165, 1.54) is 6.42 Å². The zero-order chi connectivity index (χ0) is 13.0. The van der Waals surface area contributed by atoms with E-state index in [0.717, 1.165) is 31.4 Å². The highest BCUT2D eigenvalue weighted by Gasteiger charge is 2.16. The summed E-state index contributed by atoms with van der Waals surface area (Å²) in [5.74, 6) is 1.30. The standard InChI is InChI=1S/C13H19ClN2O2/c1-3-11-15-12(14)9(2)13(16-11)18-8-10-6-4-5-7-17-10/h10H,3-8H2,1-2H3. The average molecular weight is 271 g/mol. The summed E-state index contributed by atoms with van der Waals surface area (Å²) in [5, 5.41) is 0.474. The highest BCUT2D eigenvalue weighted by atomic mass is 35.5. The van der Waals surface area contributed by atoms with Crippen LogP contribution in [-0.2, 0) is 11.2 Å². The molecule has 0 amide bonds. The second kappa shape index (κ2) is 6.34. The summed E-state index contributed by atoms with van der Waals surface area (Å²) in [6.07, 6.45) is 4.33. The van der Waals surface area contributed by atoms with Gasteiger partial charge < -0.3 is 9.47 Å². The summed E-state index contributed by atoms with van der Waals surface area (Å²) in [4.78, 5) is 8.55. The van der Waals surface area contributed by atoms with Crippen molar-refractivity contribution in [3.63, 3.8) is 0 Å². The van der Waals surface area contributed by atoms with Gasteiger partial charge in [-0.3, -0.25) is 0 Å². The van der Waals surface area contributed by atoms with E-state index in [-0.39, 0.29) is 6.10 Å². The van der Waals surface area contributed by atoms with Crippen molar-refractivity contribution in [2.75, 3.05) is 13.2 Å². The number of aromatic nitrogens is 2. The molecule has 1 atom stereocenters. The summed E-state index contributed by atoms with van der Waals surface area (Å²) >= 11 is 6.06. The van der Waals surface area contributed by atoms with Gasteiger partial charge in [-0.15, -0.1) is 0 Å². The lowest BCUT2D eigenvalue weighted by atomic mass is 10.1.